The van der Waals surface area contributed by atoms with E-state index in [4.69, 9.17) is 0 Å². The number of carbonyl (C=O) groups excluding carboxylic acids is 2. The van der Waals surface area contributed by atoms with Gasteiger partial charge in [0.15, 0.2) is 9.84 Å². The fourth-order valence-corrected chi connectivity index (χ4v) is 6.33. The van der Waals surface area contributed by atoms with E-state index in [1.807, 2.05) is 4.90 Å². The van der Waals surface area contributed by atoms with Gasteiger partial charge in [0.1, 0.15) is 12.2 Å². The number of rotatable bonds is 4. The van der Waals surface area contributed by atoms with E-state index in [0.29, 0.717) is 35.9 Å². The van der Waals surface area contributed by atoms with E-state index < -0.39 is 9.84 Å². The molecule has 1 aliphatic carbocycles. The third-order valence-electron chi connectivity index (χ3n) is 7.42. The topological polar surface area (TPSA) is 107 Å². The number of benzene rings is 1. The van der Waals surface area contributed by atoms with Crippen molar-refractivity contribution in [1.82, 2.24) is 19.3 Å². The molecule has 3 fully saturated rings. The highest BCUT2D eigenvalue weighted by molar-refractivity contribution is 7.91. The normalized spacial score (nSPS) is 21.3. The molecule has 0 radical (unpaired) electrons. The lowest BCUT2D eigenvalue weighted by molar-refractivity contribution is 0.0455. The van der Waals surface area contributed by atoms with E-state index in [2.05, 4.69) is 11.0 Å². The number of fused-ring (bicyclic) bond motifs is 1. The van der Waals surface area contributed by atoms with Crippen LogP contribution in [-0.2, 0) is 16.4 Å². The monoisotopic (exact) mass is 483 g/mol. The van der Waals surface area contributed by atoms with Gasteiger partial charge in [0.05, 0.1) is 17.6 Å². The molecule has 0 bridgehead atoms. The summed E-state index contributed by atoms with van der Waals surface area (Å²) in [6.07, 6.45) is 3.83. The van der Waals surface area contributed by atoms with Gasteiger partial charge in [-0.15, -0.1) is 0 Å². The maximum Gasteiger partial charge on any atom is 0.270 e. The second-order valence-corrected chi connectivity index (χ2v) is 11.7. The van der Waals surface area contributed by atoms with E-state index in [9.17, 15) is 23.3 Å². The number of piperazine rings is 1. The van der Waals surface area contributed by atoms with E-state index in [0.717, 1.165) is 18.5 Å². The summed E-state index contributed by atoms with van der Waals surface area (Å²) < 4.78 is 25.1. The molecule has 10 heteroatoms. The number of nitrogens with zero attached hydrogens (tertiary/aromatic N) is 5. The van der Waals surface area contributed by atoms with Crippen LogP contribution in [0.4, 0.5) is 0 Å². The molecule has 0 unspecified atom stereocenters. The molecule has 2 aliphatic heterocycles. The molecule has 0 atom stereocenters. The SMILES string of the molecule is N#CCn1c(C(=O)N2CCS(=O)(=O)CC2)cc2cc(C(=O)N3CCN(C4CCC4)CC3)ccc21. The minimum absolute atomic E-state index is 0.00681. The summed E-state index contributed by atoms with van der Waals surface area (Å²) in [5.74, 6) is -0.410. The van der Waals surface area contributed by atoms with Crippen molar-refractivity contribution in [2.75, 3.05) is 50.8 Å². The molecular weight excluding hydrogens is 454 g/mol. The molecule has 3 aliphatic rings. The lowest BCUT2D eigenvalue weighted by atomic mass is 9.91. The molecule has 180 valence electrons. The number of nitriles is 1. The molecule has 2 aromatic rings. The van der Waals surface area contributed by atoms with Crippen molar-refractivity contribution >= 4 is 32.6 Å². The summed E-state index contributed by atoms with van der Waals surface area (Å²) in [6, 6.07) is 9.85. The fraction of sp³-hybridized carbons (Fsp3) is 0.542. The number of hydrogen-bond acceptors (Lipinski definition) is 6. The molecule has 0 spiro atoms. The lowest BCUT2D eigenvalue weighted by Gasteiger charge is -2.42. The Morgan fingerprint density at radius 2 is 1.62 bits per heavy atom. The van der Waals surface area contributed by atoms with Crippen LogP contribution in [0, 0.1) is 11.3 Å². The van der Waals surface area contributed by atoms with Gasteiger partial charge >= 0.3 is 0 Å². The Morgan fingerprint density at radius 3 is 2.24 bits per heavy atom. The van der Waals surface area contributed by atoms with Gasteiger partial charge in [0, 0.05) is 61.8 Å². The first-order valence-electron chi connectivity index (χ1n) is 11.9. The minimum Gasteiger partial charge on any atom is -0.336 e. The molecule has 3 heterocycles. The van der Waals surface area contributed by atoms with Crippen LogP contribution in [0.15, 0.2) is 24.3 Å². The molecule has 1 saturated carbocycles. The number of carbonyl (C=O) groups is 2. The Balaban J connectivity index is 1.36. The second-order valence-electron chi connectivity index (χ2n) is 9.40. The highest BCUT2D eigenvalue weighted by Crippen LogP contribution is 2.27. The van der Waals surface area contributed by atoms with Gasteiger partial charge in [-0.25, -0.2) is 8.42 Å². The van der Waals surface area contributed by atoms with Crippen LogP contribution in [-0.4, -0.2) is 96.3 Å². The van der Waals surface area contributed by atoms with Crippen LogP contribution in [0.25, 0.3) is 10.9 Å². The summed E-state index contributed by atoms with van der Waals surface area (Å²) in [4.78, 5) is 32.3. The zero-order chi connectivity index (χ0) is 23.9. The van der Waals surface area contributed by atoms with Crippen LogP contribution < -0.4 is 0 Å². The zero-order valence-electron chi connectivity index (χ0n) is 19.1. The van der Waals surface area contributed by atoms with E-state index >= 15 is 0 Å². The van der Waals surface area contributed by atoms with Gasteiger partial charge in [-0.3, -0.25) is 14.5 Å². The average molecular weight is 484 g/mol. The molecule has 1 aromatic carbocycles. The van der Waals surface area contributed by atoms with Crippen molar-refractivity contribution in [3.63, 3.8) is 0 Å². The number of amides is 2. The Morgan fingerprint density at radius 1 is 0.941 bits per heavy atom. The smallest absolute Gasteiger partial charge is 0.270 e. The first-order chi connectivity index (χ1) is 16.4. The van der Waals surface area contributed by atoms with Gasteiger partial charge in [-0.05, 0) is 37.1 Å². The standard InChI is InChI=1S/C24H29N5O4S/c25-6-7-29-21-5-4-18(23(30)27-10-8-26(9-11-27)20-2-1-3-20)16-19(21)17-22(29)24(31)28-12-14-34(32,33)15-13-28/h4-5,16-17,20H,1-3,7-15H2. The van der Waals surface area contributed by atoms with Crippen LogP contribution in [0.3, 0.4) is 0 Å². The van der Waals surface area contributed by atoms with Crippen molar-refractivity contribution in [3.05, 3.63) is 35.5 Å². The lowest BCUT2D eigenvalue weighted by Crippen LogP contribution is -2.53. The number of sulfone groups is 1. The van der Waals surface area contributed by atoms with Crippen molar-refractivity contribution in [1.29, 1.82) is 5.26 Å². The first-order valence-corrected chi connectivity index (χ1v) is 13.7. The Bertz CT molecular complexity index is 1250. The molecule has 9 nitrogen and oxygen atoms in total. The minimum atomic E-state index is -3.11. The largest absolute Gasteiger partial charge is 0.336 e. The quantitative estimate of drug-likeness (QED) is 0.650. The average Bonchev–Trinajstić information content (AvgIpc) is 3.15. The predicted octanol–water partition coefficient (Wildman–Crippen LogP) is 1.35. The van der Waals surface area contributed by atoms with Gasteiger partial charge in [0.2, 0.25) is 0 Å². The third kappa shape index (κ3) is 4.30. The van der Waals surface area contributed by atoms with Crippen LogP contribution >= 0.6 is 0 Å². The van der Waals surface area contributed by atoms with Gasteiger partial charge in [-0.2, -0.15) is 5.26 Å². The highest BCUT2D eigenvalue weighted by Gasteiger charge is 2.31. The van der Waals surface area contributed by atoms with Crippen LogP contribution in [0.1, 0.15) is 40.1 Å². The Labute approximate surface area is 199 Å². The summed E-state index contributed by atoms with van der Waals surface area (Å²) in [5.41, 5.74) is 1.62. The molecule has 0 N–H and O–H groups in total. The maximum atomic E-state index is 13.2. The van der Waals surface area contributed by atoms with Crippen molar-refractivity contribution in [2.45, 2.75) is 31.8 Å². The Hall–Kier alpha value is -2.90. The summed E-state index contributed by atoms with van der Waals surface area (Å²) in [6.45, 7) is 3.52. The van der Waals surface area contributed by atoms with E-state index in [-0.39, 0.29) is 43.0 Å². The molecule has 34 heavy (non-hydrogen) atoms. The van der Waals surface area contributed by atoms with Crippen LogP contribution in [0.5, 0.6) is 0 Å². The van der Waals surface area contributed by atoms with Gasteiger partial charge in [-0.1, -0.05) is 6.42 Å². The van der Waals surface area contributed by atoms with E-state index in [1.54, 1.807) is 28.8 Å². The summed E-state index contributed by atoms with van der Waals surface area (Å²) in [7, 11) is -3.11. The Kier molecular flexibility index (Phi) is 6.08. The van der Waals surface area contributed by atoms with E-state index in [1.165, 1.54) is 24.2 Å². The summed E-state index contributed by atoms with van der Waals surface area (Å²) in [5, 5.41) is 10.1. The molecular formula is C24H29N5O4S. The first kappa shape index (κ1) is 22.9. The number of hydrogen-bond donors (Lipinski definition) is 0. The van der Waals surface area contributed by atoms with Gasteiger partial charge in [0.25, 0.3) is 11.8 Å². The second kappa shape index (κ2) is 9.04. The molecule has 1 aromatic heterocycles. The van der Waals surface area contributed by atoms with Gasteiger partial charge < -0.3 is 14.4 Å². The van der Waals surface area contributed by atoms with Crippen LogP contribution in [0.2, 0.25) is 0 Å². The van der Waals surface area contributed by atoms with Crippen molar-refractivity contribution in [2.24, 2.45) is 0 Å². The third-order valence-corrected chi connectivity index (χ3v) is 9.03. The molecule has 2 saturated heterocycles. The van der Waals surface area contributed by atoms with Crippen molar-refractivity contribution in [3.8, 4) is 6.07 Å². The van der Waals surface area contributed by atoms with Crippen molar-refractivity contribution < 1.29 is 18.0 Å². The fourth-order valence-electron chi connectivity index (χ4n) is 5.12. The highest BCUT2D eigenvalue weighted by atomic mass is 32.2. The molecule has 2 amide bonds. The number of aromatic nitrogens is 1. The predicted molar refractivity (Wildman–Crippen MR) is 127 cm³/mol. The zero-order valence-corrected chi connectivity index (χ0v) is 20.0. The molecule has 5 rings (SSSR count). The maximum absolute atomic E-state index is 13.2. The summed E-state index contributed by atoms with van der Waals surface area (Å²) >= 11 is 0.